The SMILES string of the molecule is COc1ccccc1C(=O)N/C(=C/c1ccccc1)C(=O)N[C@@H](C)C(=O)O. The fourth-order valence-corrected chi connectivity index (χ4v) is 2.23. The van der Waals surface area contributed by atoms with Crippen LogP contribution in [0.1, 0.15) is 22.8 Å². The van der Waals surface area contributed by atoms with Gasteiger partial charge in [0.05, 0.1) is 12.7 Å². The predicted molar refractivity (Wildman–Crippen MR) is 100 cm³/mol. The number of ether oxygens (including phenoxy) is 1. The quantitative estimate of drug-likeness (QED) is 0.649. The molecule has 7 heteroatoms. The zero-order chi connectivity index (χ0) is 19.8. The summed E-state index contributed by atoms with van der Waals surface area (Å²) in [6.07, 6.45) is 1.47. The molecule has 0 aliphatic carbocycles. The number of amides is 2. The van der Waals surface area contributed by atoms with Crippen LogP contribution in [-0.2, 0) is 9.59 Å². The molecule has 2 aromatic rings. The smallest absolute Gasteiger partial charge is 0.325 e. The van der Waals surface area contributed by atoms with Gasteiger partial charge in [-0.3, -0.25) is 14.4 Å². The Hall–Kier alpha value is -3.61. The Bertz CT molecular complexity index is 862. The van der Waals surface area contributed by atoms with Crippen molar-refractivity contribution in [3.8, 4) is 5.75 Å². The van der Waals surface area contributed by atoms with Crippen LogP contribution in [0.5, 0.6) is 5.75 Å². The molecule has 0 aliphatic rings. The van der Waals surface area contributed by atoms with Gasteiger partial charge in [0.2, 0.25) is 0 Å². The van der Waals surface area contributed by atoms with E-state index in [2.05, 4.69) is 10.6 Å². The van der Waals surface area contributed by atoms with E-state index in [0.717, 1.165) is 0 Å². The summed E-state index contributed by atoms with van der Waals surface area (Å²) in [5.74, 6) is -2.09. The molecular weight excluding hydrogens is 348 g/mol. The molecule has 3 N–H and O–H groups in total. The number of hydrogen-bond acceptors (Lipinski definition) is 4. The third-order valence-corrected chi connectivity index (χ3v) is 3.67. The van der Waals surface area contributed by atoms with Crippen LogP contribution in [0.4, 0.5) is 0 Å². The summed E-state index contributed by atoms with van der Waals surface area (Å²) in [6.45, 7) is 1.34. The summed E-state index contributed by atoms with van der Waals surface area (Å²) in [6, 6.07) is 14.4. The molecule has 2 aromatic carbocycles. The molecule has 0 spiro atoms. The normalized spacial score (nSPS) is 12.0. The number of aliphatic carboxylic acids is 1. The molecular formula is C20H20N2O5. The lowest BCUT2D eigenvalue weighted by Gasteiger charge is -2.14. The number of carboxylic acids is 1. The minimum Gasteiger partial charge on any atom is -0.496 e. The van der Waals surface area contributed by atoms with E-state index in [1.807, 2.05) is 6.07 Å². The Morgan fingerprint density at radius 3 is 2.30 bits per heavy atom. The van der Waals surface area contributed by atoms with Crippen molar-refractivity contribution in [2.75, 3.05) is 7.11 Å². The zero-order valence-electron chi connectivity index (χ0n) is 14.9. The maximum Gasteiger partial charge on any atom is 0.325 e. The summed E-state index contributed by atoms with van der Waals surface area (Å²) in [5.41, 5.74) is 0.842. The van der Waals surface area contributed by atoms with Crippen LogP contribution in [0.2, 0.25) is 0 Å². The number of carbonyl (C=O) groups is 3. The van der Waals surface area contributed by atoms with E-state index in [-0.39, 0.29) is 11.3 Å². The minimum absolute atomic E-state index is 0.0785. The lowest BCUT2D eigenvalue weighted by molar-refractivity contribution is -0.140. The highest BCUT2D eigenvalue weighted by Crippen LogP contribution is 2.17. The Kier molecular flexibility index (Phi) is 6.71. The summed E-state index contributed by atoms with van der Waals surface area (Å²) in [7, 11) is 1.44. The monoisotopic (exact) mass is 368 g/mol. The van der Waals surface area contributed by atoms with Crippen molar-refractivity contribution in [3.63, 3.8) is 0 Å². The molecule has 7 nitrogen and oxygen atoms in total. The summed E-state index contributed by atoms with van der Waals surface area (Å²) in [5, 5.41) is 13.9. The van der Waals surface area contributed by atoms with Gasteiger partial charge in [-0.05, 0) is 30.7 Å². The van der Waals surface area contributed by atoms with Gasteiger partial charge in [-0.1, -0.05) is 42.5 Å². The molecule has 27 heavy (non-hydrogen) atoms. The van der Waals surface area contributed by atoms with Crippen molar-refractivity contribution in [3.05, 3.63) is 71.4 Å². The molecule has 0 aliphatic heterocycles. The minimum atomic E-state index is -1.18. The summed E-state index contributed by atoms with van der Waals surface area (Å²) in [4.78, 5) is 36.1. The van der Waals surface area contributed by atoms with E-state index in [1.165, 1.54) is 20.1 Å². The number of carboxylic acid groups (broad SMARTS) is 1. The van der Waals surface area contributed by atoms with E-state index in [1.54, 1.807) is 48.5 Å². The van der Waals surface area contributed by atoms with Gasteiger partial charge in [0.25, 0.3) is 11.8 Å². The molecule has 0 unspecified atom stereocenters. The van der Waals surface area contributed by atoms with Crippen molar-refractivity contribution in [1.82, 2.24) is 10.6 Å². The number of methoxy groups -OCH3 is 1. The molecule has 2 rings (SSSR count). The highest BCUT2D eigenvalue weighted by atomic mass is 16.5. The van der Waals surface area contributed by atoms with Crippen molar-refractivity contribution >= 4 is 23.9 Å². The standard InChI is InChI=1S/C20H20N2O5/c1-13(20(25)26)21-19(24)16(12-14-8-4-3-5-9-14)22-18(23)15-10-6-7-11-17(15)27-2/h3-13H,1-2H3,(H,21,24)(H,22,23)(H,25,26)/b16-12+/t13-/m0/s1. The first kappa shape index (κ1) is 19.7. The van der Waals surface area contributed by atoms with Crippen LogP contribution in [0, 0.1) is 0 Å². The van der Waals surface area contributed by atoms with Crippen molar-refractivity contribution in [2.45, 2.75) is 13.0 Å². The Labute approximate surface area is 156 Å². The first-order chi connectivity index (χ1) is 12.9. The largest absolute Gasteiger partial charge is 0.496 e. The van der Waals surface area contributed by atoms with Crippen molar-refractivity contribution < 1.29 is 24.2 Å². The number of benzene rings is 2. The van der Waals surface area contributed by atoms with E-state index < -0.39 is 23.8 Å². The molecule has 2 amide bonds. The lowest BCUT2D eigenvalue weighted by Crippen LogP contribution is -2.42. The molecule has 0 aromatic heterocycles. The van der Waals surface area contributed by atoms with Crippen molar-refractivity contribution in [1.29, 1.82) is 0 Å². The van der Waals surface area contributed by atoms with E-state index >= 15 is 0 Å². The number of para-hydroxylation sites is 1. The number of carbonyl (C=O) groups excluding carboxylic acids is 2. The van der Waals surface area contributed by atoms with Crippen LogP contribution in [0.25, 0.3) is 6.08 Å². The van der Waals surface area contributed by atoms with Gasteiger partial charge in [0, 0.05) is 0 Å². The first-order valence-electron chi connectivity index (χ1n) is 8.17. The van der Waals surface area contributed by atoms with Crippen LogP contribution in [0.15, 0.2) is 60.3 Å². The fraction of sp³-hybridized carbons (Fsp3) is 0.150. The van der Waals surface area contributed by atoms with Gasteiger partial charge in [0.15, 0.2) is 0 Å². The lowest BCUT2D eigenvalue weighted by atomic mass is 10.1. The summed E-state index contributed by atoms with van der Waals surface area (Å²) < 4.78 is 5.16. The fourth-order valence-electron chi connectivity index (χ4n) is 2.23. The molecule has 0 radical (unpaired) electrons. The average Bonchev–Trinajstić information content (AvgIpc) is 2.67. The summed E-state index contributed by atoms with van der Waals surface area (Å²) >= 11 is 0. The Morgan fingerprint density at radius 1 is 1.04 bits per heavy atom. The first-order valence-corrected chi connectivity index (χ1v) is 8.17. The topological polar surface area (TPSA) is 105 Å². The Morgan fingerprint density at radius 2 is 1.67 bits per heavy atom. The maximum absolute atomic E-state index is 12.6. The molecule has 0 bridgehead atoms. The van der Waals surface area contributed by atoms with Crippen LogP contribution in [0.3, 0.4) is 0 Å². The molecule has 0 heterocycles. The maximum atomic E-state index is 12.6. The molecule has 1 atom stereocenters. The second-order valence-corrected chi connectivity index (χ2v) is 5.66. The molecule has 0 saturated heterocycles. The highest BCUT2D eigenvalue weighted by molar-refractivity contribution is 6.06. The predicted octanol–water partition coefficient (Wildman–Crippen LogP) is 2.06. The van der Waals surface area contributed by atoms with Gasteiger partial charge < -0.3 is 20.5 Å². The average molecular weight is 368 g/mol. The molecule has 0 fully saturated rings. The highest BCUT2D eigenvalue weighted by Gasteiger charge is 2.20. The van der Waals surface area contributed by atoms with Gasteiger partial charge in [-0.25, -0.2) is 0 Å². The number of hydrogen-bond donors (Lipinski definition) is 3. The zero-order valence-corrected chi connectivity index (χ0v) is 14.9. The van der Waals surface area contributed by atoms with Crippen molar-refractivity contribution in [2.24, 2.45) is 0 Å². The number of nitrogens with one attached hydrogen (secondary N) is 2. The van der Waals surface area contributed by atoms with Crippen LogP contribution >= 0.6 is 0 Å². The molecule has 140 valence electrons. The van der Waals surface area contributed by atoms with Gasteiger partial charge in [-0.15, -0.1) is 0 Å². The third kappa shape index (κ3) is 5.43. The van der Waals surface area contributed by atoms with Crippen LogP contribution < -0.4 is 15.4 Å². The van der Waals surface area contributed by atoms with Gasteiger partial charge in [-0.2, -0.15) is 0 Å². The van der Waals surface area contributed by atoms with E-state index in [4.69, 9.17) is 9.84 Å². The third-order valence-electron chi connectivity index (χ3n) is 3.67. The van der Waals surface area contributed by atoms with Gasteiger partial charge >= 0.3 is 5.97 Å². The van der Waals surface area contributed by atoms with Gasteiger partial charge in [0.1, 0.15) is 17.5 Å². The van der Waals surface area contributed by atoms with E-state index in [9.17, 15) is 14.4 Å². The second kappa shape index (κ2) is 9.19. The molecule has 0 saturated carbocycles. The second-order valence-electron chi connectivity index (χ2n) is 5.66. The van der Waals surface area contributed by atoms with Crippen LogP contribution in [-0.4, -0.2) is 36.0 Å². The van der Waals surface area contributed by atoms with E-state index in [0.29, 0.717) is 11.3 Å². The number of rotatable bonds is 7. The Balaban J connectivity index is 2.32.